The summed E-state index contributed by atoms with van der Waals surface area (Å²) in [5.74, 6) is -4.99. The summed E-state index contributed by atoms with van der Waals surface area (Å²) in [5, 5.41) is 16.6. The Bertz CT molecular complexity index is 1210. The van der Waals surface area contributed by atoms with Gasteiger partial charge >= 0.3 is 0 Å². The number of rotatable bonds is 30. The van der Waals surface area contributed by atoms with Crippen LogP contribution < -0.4 is 54.8 Å². The molecule has 0 heterocycles. The lowest BCUT2D eigenvalue weighted by atomic mass is 9.94. The summed E-state index contributed by atoms with van der Waals surface area (Å²) in [6, 6.07) is -6.06. The number of nitrogens with one attached hydrogen (secondary N) is 6. The predicted octanol–water partition coefficient (Wildman–Crippen LogP) is -0.0743. The first-order valence-corrected chi connectivity index (χ1v) is 20.2. The van der Waals surface area contributed by atoms with E-state index < -0.39 is 77.6 Å². The number of unbranched alkanes of at least 4 members (excludes halogenated alkanes) is 3. The highest BCUT2D eigenvalue weighted by Crippen LogP contribution is 2.15. The first kappa shape index (κ1) is 51.2. The molecular formula is C38H74N10O7. The van der Waals surface area contributed by atoms with Crippen LogP contribution in [0.4, 0.5) is 0 Å². The van der Waals surface area contributed by atoms with Crippen LogP contribution in [0.25, 0.3) is 0 Å². The Morgan fingerprint density at radius 3 is 1.07 bits per heavy atom. The van der Waals surface area contributed by atoms with Gasteiger partial charge in [0.15, 0.2) is 0 Å². The first-order chi connectivity index (χ1) is 26.0. The van der Waals surface area contributed by atoms with Gasteiger partial charge in [0.2, 0.25) is 41.4 Å². The van der Waals surface area contributed by atoms with Crippen molar-refractivity contribution in [1.82, 2.24) is 31.9 Å². The minimum Gasteiger partial charge on any atom is -0.368 e. The van der Waals surface area contributed by atoms with Gasteiger partial charge in [-0.2, -0.15) is 0 Å². The van der Waals surface area contributed by atoms with E-state index in [2.05, 4.69) is 31.9 Å². The molecule has 0 saturated heterocycles. The highest BCUT2D eigenvalue weighted by atomic mass is 16.2. The molecule has 55 heavy (non-hydrogen) atoms. The second kappa shape index (κ2) is 28.6. The van der Waals surface area contributed by atoms with E-state index in [1.807, 2.05) is 20.8 Å². The molecule has 9 atom stereocenters. The molecule has 17 nitrogen and oxygen atoms in total. The average molecular weight is 783 g/mol. The summed E-state index contributed by atoms with van der Waals surface area (Å²) in [7, 11) is 0. The SMILES string of the molecule is CC[C@H](C)[C@H](NC(=O)[C@H](CCCCN)NC(=O)[C@@H](NC(=O)[C@@H](NC(=O)[C@H](CCCCN)NC(=O)[C@H](CCCCN)NC(C)=O)[C@@H](C)CC)[C@@H](C)CC)C(N)=O. The van der Waals surface area contributed by atoms with E-state index >= 15 is 0 Å². The van der Waals surface area contributed by atoms with Gasteiger partial charge in [-0.3, -0.25) is 33.6 Å². The van der Waals surface area contributed by atoms with Crippen molar-refractivity contribution >= 4 is 41.4 Å². The molecule has 0 aromatic rings. The maximum atomic E-state index is 14.0. The van der Waals surface area contributed by atoms with Crippen molar-refractivity contribution in [2.45, 2.75) is 162 Å². The number of carbonyl (C=O) groups excluding carboxylic acids is 7. The number of hydrogen-bond donors (Lipinski definition) is 10. The number of nitrogens with two attached hydrogens (primary N) is 4. The van der Waals surface area contributed by atoms with Crippen molar-refractivity contribution in [1.29, 1.82) is 0 Å². The molecule has 0 unspecified atom stereocenters. The molecule has 0 aromatic heterocycles. The fourth-order valence-electron chi connectivity index (χ4n) is 5.95. The molecule has 0 aliphatic rings. The van der Waals surface area contributed by atoms with Crippen LogP contribution in [0.5, 0.6) is 0 Å². The van der Waals surface area contributed by atoms with Crippen LogP contribution in [-0.2, 0) is 33.6 Å². The lowest BCUT2D eigenvalue weighted by molar-refractivity contribution is -0.137. The Labute approximate surface area is 328 Å². The van der Waals surface area contributed by atoms with Gasteiger partial charge in [0.1, 0.15) is 36.3 Å². The molecular weight excluding hydrogens is 708 g/mol. The lowest BCUT2D eigenvalue weighted by Gasteiger charge is -2.31. The fraction of sp³-hybridized carbons (Fsp3) is 0.816. The Balaban J connectivity index is 6.37. The molecule has 0 fully saturated rings. The molecule has 17 heteroatoms. The van der Waals surface area contributed by atoms with Crippen LogP contribution in [0.2, 0.25) is 0 Å². The maximum Gasteiger partial charge on any atom is 0.243 e. The van der Waals surface area contributed by atoms with Gasteiger partial charge in [0.05, 0.1) is 0 Å². The Kier molecular flexibility index (Phi) is 26.6. The van der Waals surface area contributed by atoms with Crippen molar-refractivity contribution in [3.05, 3.63) is 0 Å². The third kappa shape index (κ3) is 19.5. The standard InChI is InChI=1S/C38H74N10O7/c1-8-23(4)30(33(42)50)46-35(52)29(19-13-16-22-41)45-37(54)31(24(5)9-2)48-38(55)32(25(6)10-3)47-36(53)28(18-12-15-21-40)44-34(51)27(43-26(7)49)17-11-14-20-39/h23-25,27-32H,8-22,39-41H2,1-7H3,(H2,42,50)(H,43,49)(H,44,51)(H,45,54)(H,46,52)(H,47,53)(H,48,55)/t23-,24-,25-,27-,28-,29-,30-,31-,32-/m0/s1. The third-order valence-corrected chi connectivity index (χ3v) is 10.2. The van der Waals surface area contributed by atoms with Crippen molar-refractivity contribution in [2.24, 2.45) is 40.7 Å². The molecule has 0 radical (unpaired) electrons. The Hall–Kier alpha value is -3.83. The molecule has 0 bridgehead atoms. The third-order valence-electron chi connectivity index (χ3n) is 10.2. The topological polar surface area (TPSA) is 296 Å². The Morgan fingerprint density at radius 1 is 0.436 bits per heavy atom. The fourth-order valence-corrected chi connectivity index (χ4v) is 5.95. The lowest BCUT2D eigenvalue weighted by Crippen LogP contribution is -2.61. The zero-order chi connectivity index (χ0) is 42.1. The highest BCUT2D eigenvalue weighted by Gasteiger charge is 2.36. The summed E-state index contributed by atoms with van der Waals surface area (Å²) in [5.41, 5.74) is 22.6. The van der Waals surface area contributed by atoms with E-state index in [1.165, 1.54) is 6.92 Å². The van der Waals surface area contributed by atoms with E-state index in [-0.39, 0.29) is 30.6 Å². The normalized spacial score (nSPS) is 16.1. The van der Waals surface area contributed by atoms with Gasteiger partial charge in [0.25, 0.3) is 0 Å². The second-order valence-corrected chi connectivity index (χ2v) is 14.7. The maximum absolute atomic E-state index is 14.0. The predicted molar refractivity (Wildman–Crippen MR) is 214 cm³/mol. The van der Waals surface area contributed by atoms with Crippen molar-refractivity contribution in [3.63, 3.8) is 0 Å². The van der Waals surface area contributed by atoms with E-state index in [1.54, 1.807) is 20.8 Å². The molecule has 0 aromatic carbocycles. The molecule has 318 valence electrons. The number of carbonyl (C=O) groups is 7. The van der Waals surface area contributed by atoms with E-state index in [9.17, 15) is 33.6 Å². The molecule has 0 aliphatic heterocycles. The Morgan fingerprint density at radius 2 is 0.727 bits per heavy atom. The van der Waals surface area contributed by atoms with Gasteiger partial charge in [-0.1, -0.05) is 60.8 Å². The zero-order valence-corrected chi connectivity index (χ0v) is 34.5. The van der Waals surface area contributed by atoms with Crippen LogP contribution in [-0.4, -0.2) is 97.2 Å². The van der Waals surface area contributed by atoms with Gasteiger partial charge in [0, 0.05) is 6.92 Å². The summed E-state index contributed by atoms with van der Waals surface area (Å²) in [6.45, 7) is 13.5. The van der Waals surface area contributed by atoms with E-state index in [0.29, 0.717) is 83.8 Å². The van der Waals surface area contributed by atoms with Gasteiger partial charge < -0.3 is 54.8 Å². The second-order valence-electron chi connectivity index (χ2n) is 14.7. The molecule has 0 aliphatic carbocycles. The van der Waals surface area contributed by atoms with Crippen LogP contribution in [0.3, 0.4) is 0 Å². The summed E-state index contributed by atoms with van der Waals surface area (Å²) >= 11 is 0. The van der Waals surface area contributed by atoms with Gasteiger partial charge in [-0.05, 0) is 95.2 Å². The number of primary amides is 1. The largest absolute Gasteiger partial charge is 0.368 e. The number of hydrogen-bond acceptors (Lipinski definition) is 10. The van der Waals surface area contributed by atoms with E-state index in [0.717, 1.165) is 0 Å². The monoisotopic (exact) mass is 783 g/mol. The minimum atomic E-state index is -1.09. The van der Waals surface area contributed by atoms with E-state index in [4.69, 9.17) is 22.9 Å². The van der Waals surface area contributed by atoms with Gasteiger partial charge in [-0.25, -0.2) is 0 Å². The molecule has 0 spiro atoms. The van der Waals surface area contributed by atoms with Crippen molar-refractivity contribution in [2.75, 3.05) is 19.6 Å². The molecule has 0 saturated carbocycles. The smallest absolute Gasteiger partial charge is 0.243 e. The van der Waals surface area contributed by atoms with Crippen LogP contribution >= 0.6 is 0 Å². The van der Waals surface area contributed by atoms with Crippen molar-refractivity contribution < 1.29 is 33.6 Å². The molecule has 0 rings (SSSR count). The van der Waals surface area contributed by atoms with Crippen LogP contribution in [0.1, 0.15) is 126 Å². The molecule has 14 N–H and O–H groups in total. The first-order valence-electron chi connectivity index (χ1n) is 20.2. The quantitative estimate of drug-likeness (QED) is 0.0433. The summed E-state index contributed by atoms with van der Waals surface area (Å²) in [4.78, 5) is 92.8. The average Bonchev–Trinajstić information content (AvgIpc) is 3.15. The van der Waals surface area contributed by atoms with Crippen LogP contribution in [0.15, 0.2) is 0 Å². The minimum absolute atomic E-state index is 0.234. The highest BCUT2D eigenvalue weighted by molar-refractivity contribution is 5.97. The van der Waals surface area contributed by atoms with Crippen molar-refractivity contribution in [3.8, 4) is 0 Å². The molecule has 7 amide bonds. The van der Waals surface area contributed by atoms with Crippen LogP contribution in [0, 0.1) is 17.8 Å². The zero-order valence-electron chi connectivity index (χ0n) is 34.5. The number of amides is 7. The van der Waals surface area contributed by atoms with Gasteiger partial charge in [-0.15, -0.1) is 0 Å². The summed E-state index contributed by atoms with van der Waals surface area (Å²) < 4.78 is 0. The summed E-state index contributed by atoms with van der Waals surface area (Å²) in [6.07, 6.45) is 5.85.